The number of aliphatic carboxylic acids is 1. The van der Waals surface area contributed by atoms with Gasteiger partial charge in [0.25, 0.3) is 0 Å². The topological polar surface area (TPSA) is 40.5 Å². The van der Waals surface area contributed by atoms with Crippen LogP contribution in [0.2, 0.25) is 0 Å². The zero-order valence-electron chi connectivity index (χ0n) is 11.9. The van der Waals surface area contributed by atoms with Gasteiger partial charge in [0.15, 0.2) is 0 Å². The van der Waals surface area contributed by atoms with Crippen LogP contribution in [-0.4, -0.2) is 30.4 Å². The lowest BCUT2D eigenvalue weighted by Crippen LogP contribution is -2.16. The summed E-state index contributed by atoms with van der Waals surface area (Å²) in [5.41, 5.74) is 2.34. The third kappa shape index (κ3) is 5.55. The Morgan fingerprint density at radius 1 is 1.32 bits per heavy atom. The third-order valence-corrected chi connectivity index (χ3v) is 4.34. The minimum Gasteiger partial charge on any atom is -0.480 e. The van der Waals surface area contributed by atoms with Gasteiger partial charge in [-0.15, -0.1) is 11.8 Å². The van der Waals surface area contributed by atoms with Crippen LogP contribution in [0.25, 0.3) is 0 Å². The van der Waals surface area contributed by atoms with Crippen LogP contribution < -0.4 is 4.90 Å². The number of thioether (sulfide) groups is 1. The van der Waals surface area contributed by atoms with Gasteiger partial charge in [-0.3, -0.25) is 4.79 Å². The Hall–Kier alpha value is -1.16. The Morgan fingerprint density at radius 2 is 1.95 bits per heavy atom. The van der Waals surface area contributed by atoms with Crippen molar-refractivity contribution in [3.05, 3.63) is 29.8 Å². The van der Waals surface area contributed by atoms with E-state index in [0.717, 1.165) is 30.7 Å². The van der Waals surface area contributed by atoms with Crippen LogP contribution in [0.3, 0.4) is 0 Å². The van der Waals surface area contributed by atoms with Crippen molar-refractivity contribution in [2.45, 2.75) is 37.2 Å². The molecule has 1 aromatic carbocycles. The minimum atomic E-state index is -0.691. The van der Waals surface area contributed by atoms with E-state index in [2.05, 4.69) is 36.1 Å². The van der Waals surface area contributed by atoms with Gasteiger partial charge in [-0.25, -0.2) is 0 Å². The van der Waals surface area contributed by atoms with Crippen molar-refractivity contribution in [1.29, 1.82) is 0 Å². The standard InChI is InChI=1S/C15H23NO2S/c1-4-5-6-14(15(17)18)19-11-12-7-9-13(10-8-12)16(2)3/h7-10,14H,4-6,11H2,1-3H3,(H,17,18). The molecule has 1 aromatic rings. The molecule has 0 aliphatic carbocycles. The van der Waals surface area contributed by atoms with Crippen molar-refractivity contribution >= 4 is 23.4 Å². The Kier molecular flexibility index (Phi) is 6.78. The van der Waals surface area contributed by atoms with E-state index in [1.807, 2.05) is 14.1 Å². The lowest BCUT2D eigenvalue weighted by atomic mass is 10.2. The average molecular weight is 281 g/mol. The monoisotopic (exact) mass is 281 g/mol. The fourth-order valence-electron chi connectivity index (χ4n) is 1.75. The molecular formula is C15H23NO2S. The maximum absolute atomic E-state index is 11.1. The highest BCUT2D eigenvalue weighted by Crippen LogP contribution is 2.23. The largest absolute Gasteiger partial charge is 0.480 e. The van der Waals surface area contributed by atoms with Gasteiger partial charge >= 0.3 is 5.97 Å². The normalized spacial score (nSPS) is 12.2. The molecule has 0 fully saturated rings. The van der Waals surface area contributed by atoms with Crippen molar-refractivity contribution in [1.82, 2.24) is 0 Å². The summed E-state index contributed by atoms with van der Waals surface area (Å²) >= 11 is 1.52. The Morgan fingerprint density at radius 3 is 2.42 bits per heavy atom. The molecule has 0 aliphatic rings. The zero-order chi connectivity index (χ0) is 14.3. The van der Waals surface area contributed by atoms with Gasteiger partial charge in [-0.05, 0) is 24.1 Å². The van der Waals surface area contributed by atoms with Gasteiger partial charge in [-0.2, -0.15) is 0 Å². The first-order valence-electron chi connectivity index (χ1n) is 6.65. The van der Waals surface area contributed by atoms with Gasteiger partial charge < -0.3 is 10.0 Å². The molecule has 0 heterocycles. The molecule has 0 aliphatic heterocycles. The van der Waals surface area contributed by atoms with Crippen LogP contribution in [0.1, 0.15) is 31.7 Å². The minimum absolute atomic E-state index is 0.284. The molecule has 0 radical (unpaired) electrons. The van der Waals surface area contributed by atoms with Crippen molar-refractivity contribution in [3.63, 3.8) is 0 Å². The number of rotatable bonds is 8. The van der Waals surface area contributed by atoms with Crippen molar-refractivity contribution < 1.29 is 9.90 Å². The first kappa shape index (κ1) is 15.9. The van der Waals surface area contributed by atoms with E-state index in [1.54, 1.807) is 0 Å². The highest BCUT2D eigenvalue weighted by Gasteiger charge is 2.17. The van der Waals surface area contributed by atoms with E-state index in [-0.39, 0.29) is 5.25 Å². The molecule has 0 spiro atoms. The SMILES string of the molecule is CCCCC(SCc1ccc(N(C)C)cc1)C(=O)O. The second-order valence-corrected chi connectivity index (χ2v) is 6.03. The molecule has 0 saturated heterocycles. The summed E-state index contributed by atoms with van der Waals surface area (Å²) < 4.78 is 0. The van der Waals surface area contributed by atoms with Crippen LogP contribution in [0, 0.1) is 0 Å². The Balaban J connectivity index is 2.51. The summed E-state index contributed by atoms with van der Waals surface area (Å²) in [7, 11) is 4.02. The van der Waals surface area contributed by atoms with E-state index in [9.17, 15) is 4.79 Å². The number of carboxylic acid groups (broad SMARTS) is 1. The summed E-state index contributed by atoms with van der Waals surface area (Å²) in [5.74, 6) is 0.0670. The summed E-state index contributed by atoms with van der Waals surface area (Å²) in [6.07, 6.45) is 2.78. The van der Waals surface area contributed by atoms with Crippen molar-refractivity contribution in [2.24, 2.45) is 0 Å². The molecule has 0 aromatic heterocycles. The Labute approximate surface area is 120 Å². The lowest BCUT2D eigenvalue weighted by Gasteiger charge is -2.14. The van der Waals surface area contributed by atoms with Crippen LogP contribution in [0.5, 0.6) is 0 Å². The number of hydrogen-bond acceptors (Lipinski definition) is 3. The fourth-order valence-corrected chi connectivity index (χ4v) is 2.82. The first-order valence-corrected chi connectivity index (χ1v) is 7.70. The average Bonchev–Trinajstić information content (AvgIpc) is 2.39. The zero-order valence-corrected chi connectivity index (χ0v) is 12.7. The number of benzene rings is 1. The third-order valence-electron chi connectivity index (χ3n) is 3.00. The van der Waals surface area contributed by atoms with Gasteiger partial charge in [0.05, 0.1) is 0 Å². The predicted octanol–water partition coefficient (Wildman–Crippen LogP) is 3.63. The molecule has 0 saturated carbocycles. The maximum Gasteiger partial charge on any atom is 0.316 e. The number of anilines is 1. The number of hydrogen-bond donors (Lipinski definition) is 1. The predicted molar refractivity (Wildman–Crippen MR) is 83.0 cm³/mol. The first-order chi connectivity index (χ1) is 9.04. The lowest BCUT2D eigenvalue weighted by molar-refractivity contribution is -0.136. The smallest absolute Gasteiger partial charge is 0.316 e. The number of nitrogens with zero attached hydrogens (tertiary/aromatic N) is 1. The molecule has 4 heteroatoms. The van der Waals surface area contributed by atoms with Crippen molar-refractivity contribution in [2.75, 3.05) is 19.0 Å². The molecule has 1 unspecified atom stereocenters. The number of carbonyl (C=O) groups is 1. The van der Waals surface area contributed by atoms with Crippen molar-refractivity contribution in [3.8, 4) is 0 Å². The Bertz CT molecular complexity index is 390. The highest BCUT2D eigenvalue weighted by molar-refractivity contribution is 7.99. The van der Waals surface area contributed by atoms with Gasteiger partial charge in [-0.1, -0.05) is 31.9 Å². The quantitative estimate of drug-likeness (QED) is 0.790. The molecule has 1 rings (SSSR count). The van der Waals surface area contributed by atoms with E-state index in [4.69, 9.17) is 5.11 Å². The summed E-state index contributed by atoms with van der Waals surface area (Å²) in [6.45, 7) is 2.09. The molecule has 19 heavy (non-hydrogen) atoms. The summed E-state index contributed by atoms with van der Waals surface area (Å²) in [6, 6.07) is 8.28. The highest BCUT2D eigenvalue weighted by atomic mass is 32.2. The van der Waals surface area contributed by atoms with E-state index in [0.29, 0.717) is 0 Å². The molecule has 106 valence electrons. The second-order valence-electron chi connectivity index (χ2n) is 4.84. The van der Waals surface area contributed by atoms with Gasteiger partial charge in [0.1, 0.15) is 5.25 Å². The van der Waals surface area contributed by atoms with E-state index in [1.165, 1.54) is 17.3 Å². The molecule has 3 nitrogen and oxygen atoms in total. The summed E-state index contributed by atoms with van der Waals surface area (Å²) in [4.78, 5) is 13.2. The van der Waals surface area contributed by atoms with Crippen LogP contribution in [0.15, 0.2) is 24.3 Å². The fraction of sp³-hybridized carbons (Fsp3) is 0.533. The maximum atomic E-state index is 11.1. The van der Waals surface area contributed by atoms with Crippen LogP contribution in [-0.2, 0) is 10.5 Å². The number of unbranched alkanes of at least 4 members (excludes halogenated alkanes) is 1. The molecule has 0 bridgehead atoms. The molecule has 1 N–H and O–H groups in total. The van der Waals surface area contributed by atoms with Gasteiger partial charge in [0, 0.05) is 25.5 Å². The second kappa shape index (κ2) is 8.10. The molecule has 1 atom stereocenters. The molecular weight excluding hydrogens is 258 g/mol. The summed E-state index contributed by atoms with van der Waals surface area (Å²) in [5, 5.41) is 8.88. The van der Waals surface area contributed by atoms with Crippen LogP contribution in [0.4, 0.5) is 5.69 Å². The molecule has 0 amide bonds. The van der Waals surface area contributed by atoms with E-state index >= 15 is 0 Å². The number of carboxylic acids is 1. The van der Waals surface area contributed by atoms with E-state index < -0.39 is 5.97 Å². The van der Waals surface area contributed by atoms with Crippen LogP contribution >= 0.6 is 11.8 Å². The van der Waals surface area contributed by atoms with Gasteiger partial charge in [0.2, 0.25) is 0 Å².